The number of nitrogens with zero attached hydrogens (tertiary/aromatic N) is 1. The minimum absolute atomic E-state index is 0.104. The van der Waals surface area contributed by atoms with Crippen molar-refractivity contribution in [2.24, 2.45) is 11.7 Å². The molecule has 1 aromatic carbocycles. The fraction of sp³-hybridized carbons (Fsp3) is 0.500. The SMILES string of the molecule is N=C(N)c1ccc(Br)cc1N1CCCC(CCO)C1. The van der Waals surface area contributed by atoms with E-state index >= 15 is 0 Å². The Hall–Kier alpha value is -1.07. The third-order valence-electron chi connectivity index (χ3n) is 3.65. The molecule has 2 rings (SSSR count). The Labute approximate surface area is 122 Å². The molecular weight excluding hydrogens is 306 g/mol. The second-order valence-corrected chi connectivity index (χ2v) is 5.96. The highest BCUT2D eigenvalue weighted by Crippen LogP contribution is 2.30. The summed E-state index contributed by atoms with van der Waals surface area (Å²) in [6, 6.07) is 5.82. The van der Waals surface area contributed by atoms with E-state index in [1.54, 1.807) is 0 Å². The molecule has 1 unspecified atom stereocenters. The molecule has 5 heteroatoms. The number of hydrogen-bond acceptors (Lipinski definition) is 3. The van der Waals surface area contributed by atoms with Crippen molar-refractivity contribution in [2.75, 3.05) is 24.6 Å². The quantitative estimate of drug-likeness (QED) is 0.587. The molecule has 1 fully saturated rings. The van der Waals surface area contributed by atoms with E-state index in [9.17, 15) is 0 Å². The van der Waals surface area contributed by atoms with Crippen molar-refractivity contribution in [1.29, 1.82) is 5.41 Å². The van der Waals surface area contributed by atoms with E-state index in [2.05, 4.69) is 20.8 Å². The van der Waals surface area contributed by atoms with Crippen LogP contribution >= 0.6 is 15.9 Å². The van der Waals surface area contributed by atoms with Crippen LogP contribution in [0, 0.1) is 11.3 Å². The van der Waals surface area contributed by atoms with Crippen LogP contribution in [0.3, 0.4) is 0 Å². The highest BCUT2D eigenvalue weighted by atomic mass is 79.9. The molecule has 104 valence electrons. The summed E-state index contributed by atoms with van der Waals surface area (Å²) in [6.07, 6.45) is 3.13. The van der Waals surface area contributed by atoms with E-state index in [-0.39, 0.29) is 12.4 Å². The molecule has 0 saturated carbocycles. The van der Waals surface area contributed by atoms with Crippen LogP contribution in [-0.2, 0) is 0 Å². The standard InChI is InChI=1S/C14H20BrN3O/c15-11-3-4-12(14(16)17)13(8-11)18-6-1-2-10(9-18)5-7-19/h3-4,8,10,19H,1-2,5-7,9H2,(H3,16,17). The third kappa shape index (κ3) is 3.48. The fourth-order valence-corrected chi connectivity index (χ4v) is 3.05. The van der Waals surface area contributed by atoms with Crippen LogP contribution in [0.15, 0.2) is 22.7 Å². The average molecular weight is 326 g/mol. The first kappa shape index (κ1) is 14.3. The highest BCUT2D eigenvalue weighted by molar-refractivity contribution is 9.10. The van der Waals surface area contributed by atoms with Gasteiger partial charge in [0, 0.05) is 35.4 Å². The average Bonchev–Trinajstić information content (AvgIpc) is 2.39. The molecule has 0 radical (unpaired) electrons. The predicted molar refractivity (Wildman–Crippen MR) is 81.8 cm³/mol. The van der Waals surface area contributed by atoms with Crippen LogP contribution in [0.5, 0.6) is 0 Å². The number of piperidine rings is 1. The minimum atomic E-state index is 0.104. The molecule has 4 nitrogen and oxygen atoms in total. The number of nitrogens with two attached hydrogens (primary N) is 1. The number of aliphatic hydroxyl groups is 1. The molecule has 0 aromatic heterocycles. The van der Waals surface area contributed by atoms with Crippen molar-refractivity contribution in [1.82, 2.24) is 0 Å². The van der Waals surface area contributed by atoms with Gasteiger partial charge in [0.05, 0.1) is 0 Å². The highest BCUT2D eigenvalue weighted by Gasteiger charge is 2.22. The van der Waals surface area contributed by atoms with Crippen LogP contribution in [0.25, 0.3) is 0 Å². The Morgan fingerprint density at radius 3 is 3.00 bits per heavy atom. The number of nitrogens with one attached hydrogen (secondary N) is 1. The van der Waals surface area contributed by atoms with Crippen molar-refractivity contribution in [3.63, 3.8) is 0 Å². The lowest BCUT2D eigenvalue weighted by atomic mass is 9.94. The zero-order chi connectivity index (χ0) is 13.8. The fourth-order valence-electron chi connectivity index (χ4n) is 2.70. The molecule has 1 heterocycles. The molecular formula is C14H20BrN3O. The van der Waals surface area contributed by atoms with Crippen LogP contribution < -0.4 is 10.6 Å². The first-order valence-corrected chi connectivity index (χ1v) is 7.41. The first-order valence-electron chi connectivity index (χ1n) is 6.61. The van der Waals surface area contributed by atoms with Gasteiger partial charge >= 0.3 is 0 Å². The molecule has 1 aliphatic heterocycles. The Kier molecular flexibility index (Phi) is 4.82. The summed E-state index contributed by atoms with van der Waals surface area (Å²) in [7, 11) is 0. The number of halogens is 1. The minimum Gasteiger partial charge on any atom is -0.396 e. The van der Waals surface area contributed by atoms with Gasteiger partial charge in [0.25, 0.3) is 0 Å². The van der Waals surface area contributed by atoms with Gasteiger partial charge in [-0.15, -0.1) is 0 Å². The summed E-state index contributed by atoms with van der Waals surface area (Å²) in [5.41, 5.74) is 7.47. The van der Waals surface area contributed by atoms with E-state index in [0.29, 0.717) is 5.92 Å². The molecule has 1 aliphatic rings. The number of hydrogen-bond donors (Lipinski definition) is 3. The van der Waals surface area contributed by atoms with Gasteiger partial charge in [0.1, 0.15) is 5.84 Å². The van der Waals surface area contributed by atoms with Gasteiger partial charge in [-0.3, -0.25) is 5.41 Å². The molecule has 0 amide bonds. The molecule has 0 aliphatic carbocycles. The molecule has 4 N–H and O–H groups in total. The number of amidine groups is 1. The molecule has 1 saturated heterocycles. The van der Waals surface area contributed by atoms with Crippen molar-refractivity contribution < 1.29 is 5.11 Å². The Morgan fingerprint density at radius 2 is 2.32 bits per heavy atom. The van der Waals surface area contributed by atoms with E-state index in [1.165, 1.54) is 6.42 Å². The van der Waals surface area contributed by atoms with E-state index in [0.717, 1.165) is 41.7 Å². The molecule has 1 atom stereocenters. The van der Waals surface area contributed by atoms with Gasteiger partial charge < -0.3 is 15.7 Å². The monoisotopic (exact) mass is 325 g/mol. The van der Waals surface area contributed by atoms with E-state index in [4.69, 9.17) is 16.2 Å². The second-order valence-electron chi connectivity index (χ2n) is 5.04. The van der Waals surface area contributed by atoms with Gasteiger partial charge in [-0.25, -0.2) is 0 Å². The van der Waals surface area contributed by atoms with Gasteiger partial charge in [-0.2, -0.15) is 0 Å². The largest absolute Gasteiger partial charge is 0.396 e. The number of rotatable bonds is 4. The summed E-state index contributed by atoms with van der Waals surface area (Å²) >= 11 is 3.48. The maximum atomic E-state index is 9.08. The molecule has 19 heavy (non-hydrogen) atoms. The maximum Gasteiger partial charge on any atom is 0.124 e. The van der Waals surface area contributed by atoms with Crippen LogP contribution in [0.1, 0.15) is 24.8 Å². The zero-order valence-electron chi connectivity index (χ0n) is 10.9. The van der Waals surface area contributed by atoms with Gasteiger partial charge in [0.2, 0.25) is 0 Å². The van der Waals surface area contributed by atoms with Crippen LogP contribution in [0.2, 0.25) is 0 Å². The van der Waals surface area contributed by atoms with Gasteiger partial charge in [-0.05, 0) is 43.4 Å². The molecule has 0 bridgehead atoms. The maximum absolute atomic E-state index is 9.08. The lowest BCUT2D eigenvalue weighted by Gasteiger charge is -2.35. The Bertz CT molecular complexity index is 462. The number of benzene rings is 1. The molecule has 0 spiro atoms. The Balaban J connectivity index is 2.24. The van der Waals surface area contributed by atoms with Crippen molar-refractivity contribution >= 4 is 27.5 Å². The summed E-state index contributed by atoms with van der Waals surface area (Å²) in [5.74, 6) is 0.629. The van der Waals surface area contributed by atoms with Crippen molar-refractivity contribution in [3.8, 4) is 0 Å². The van der Waals surface area contributed by atoms with Crippen LogP contribution in [0.4, 0.5) is 5.69 Å². The number of anilines is 1. The van der Waals surface area contributed by atoms with Gasteiger partial charge in [-0.1, -0.05) is 15.9 Å². The lowest BCUT2D eigenvalue weighted by molar-refractivity contribution is 0.244. The van der Waals surface area contributed by atoms with Gasteiger partial charge in [0.15, 0.2) is 0 Å². The smallest absolute Gasteiger partial charge is 0.124 e. The molecule has 1 aromatic rings. The summed E-state index contributed by atoms with van der Waals surface area (Å²) in [4.78, 5) is 2.28. The predicted octanol–water partition coefficient (Wildman–Crippen LogP) is 2.33. The second kappa shape index (κ2) is 6.39. The Morgan fingerprint density at radius 1 is 1.53 bits per heavy atom. The summed E-state index contributed by atoms with van der Waals surface area (Å²) < 4.78 is 0.997. The summed E-state index contributed by atoms with van der Waals surface area (Å²) in [5, 5.41) is 16.8. The third-order valence-corrected chi connectivity index (χ3v) is 4.14. The van der Waals surface area contributed by atoms with Crippen molar-refractivity contribution in [2.45, 2.75) is 19.3 Å². The number of nitrogen functional groups attached to an aromatic ring is 1. The topological polar surface area (TPSA) is 73.3 Å². The zero-order valence-corrected chi connectivity index (χ0v) is 12.5. The van der Waals surface area contributed by atoms with E-state index in [1.807, 2.05) is 18.2 Å². The first-order chi connectivity index (χ1) is 9.11. The number of aliphatic hydroxyl groups excluding tert-OH is 1. The lowest BCUT2D eigenvalue weighted by Crippen LogP contribution is -2.37. The summed E-state index contributed by atoms with van der Waals surface area (Å²) in [6.45, 7) is 2.16. The van der Waals surface area contributed by atoms with Crippen LogP contribution in [-0.4, -0.2) is 30.6 Å². The normalized spacial score (nSPS) is 19.5. The van der Waals surface area contributed by atoms with Crippen molar-refractivity contribution in [3.05, 3.63) is 28.2 Å². The van der Waals surface area contributed by atoms with E-state index < -0.39 is 0 Å².